The zero-order valence-electron chi connectivity index (χ0n) is 35.2. The maximum atomic E-state index is 10.2. The Morgan fingerprint density at radius 3 is 2.46 bits per heavy atom. The van der Waals surface area contributed by atoms with Crippen LogP contribution in [0.1, 0.15) is 138 Å². The van der Waals surface area contributed by atoms with E-state index in [2.05, 4.69) is 120 Å². The molecular formula is C56H61N3. The van der Waals surface area contributed by atoms with Crippen molar-refractivity contribution < 1.29 is 0 Å². The van der Waals surface area contributed by atoms with Crippen LogP contribution >= 0.6 is 0 Å². The first-order valence-corrected chi connectivity index (χ1v) is 23.6. The Morgan fingerprint density at radius 2 is 1.54 bits per heavy atom. The molecule has 2 aromatic carbocycles. The smallest absolute Gasteiger partial charge is 0.0994 e. The summed E-state index contributed by atoms with van der Waals surface area (Å²) >= 11 is 0. The number of hydrogen-bond acceptors (Lipinski definition) is 2. The van der Waals surface area contributed by atoms with Crippen LogP contribution in [0.15, 0.2) is 137 Å². The van der Waals surface area contributed by atoms with Gasteiger partial charge in [0.15, 0.2) is 0 Å². The lowest BCUT2D eigenvalue weighted by molar-refractivity contribution is 0.123. The number of nitrogens with zero attached hydrogens (tertiary/aromatic N) is 3. The van der Waals surface area contributed by atoms with Crippen LogP contribution in [-0.4, -0.2) is 21.6 Å². The molecule has 0 saturated carbocycles. The van der Waals surface area contributed by atoms with E-state index in [0.29, 0.717) is 41.8 Å². The minimum atomic E-state index is 0.239. The minimum absolute atomic E-state index is 0.239. The van der Waals surface area contributed by atoms with Gasteiger partial charge in [0.2, 0.25) is 0 Å². The highest BCUT2D eigenvalue weighted by Gasteiger charge is 2.48. The second-order valence-electron chi connectivity index (χ2n) is 19.1. The van der Waals surface area contributed by atoms with Gasteiger partial charge in [0.05, 0.1) is 23.7 Å². The number of benzene rings is 2. The Balaban J connectivity index is 1.06. The number of rotatable bonds is 6. The van der Waals surface area contributed by atoms with Crippen LogP contribution in [0.3, 0.4) is 0 Å². The van der Waals surface area contributed by atoms with Gasteiger partial charge in [-0.05, 0) is 143 Å². The molecule has 11 rings (SSSR count). The van der Waals surface area contributed by atoms with E-state index in [4.69, 9.17) is 0 Å². The maximum absolute atomic E-state index is 10.2. The van der Waals surface area contributed by atoms with Gasteiger partial charge >= 0.3 is 0 Å². The number of aromatic nitrogens is 1. The van der Waals surface area contributed by atoms with Crippen molar-refractivity contribution in [1.82, 2.24) is 9.47 Å². The molecule has 1 aromatic heterocycles. The Labute approximate surface area is 353 Å². The Morgan fingerprint density at radius 1 is 0.746 bits per heavy atom. The van der Waals surface area contributed by atoms with Crippen molar-refractivity contribution in [2.24, 2.45) is 23.7 Å². The lowest BCUT2D eigenvalue weighted by atomic mass is 9.65. The molecular weight excluding hydrogens is 715 g/mol. The molecule has 3 aromatic rings. The summed E-state index contributed by atoms with van der Waals surface area (Å²) in [5.41, 5.74) is 16.8. The fraction of sp³-hybridized carbons (Fsp3) is 0.446. The van der Waals surface area contributed by atoms with Crippen LogP contribution < -0.4 is 0 Å². The highest BCUT2D eigenvalue weighted by atomic mass is 15.2. The van der Waals surface area contributed by atoms with Gasteiger partial charge in [0.25, 0.3) is 0 Å². The Bertz CT molecular complexity index is 2450. The van der Waals surface area contributed by atoms with E-state index in [1.807, 2.05) is 17.7 Å². The molecule has 0 saturated heterocycles. The zero-order valence-corrected chi connectivity index (χ0v) is 35.2. The molecule has 300 valence electrons. The van der Waals surface area contributed by atoms with Crippen LogP contribution in [-0.2, 0) is 6.42 Å². The van der Waals surface area contributed by atoms with Crippen molar-refractivity contribution in [2.75, 3.05) is 0 Å². The molecule has 8 aliphatic rings. The quantitative estimate of drug-likeness (QED) is 0.234. The van der Waals surface area contributed by atoms with Gasteiger partial charge in [-0.1, -0.05) is 115 Å². The summed E-state index contributed by atoms with van der Waals surface area (Å²) < 4.78 is 2.84. The maximum Gasteiger partial charge on any atom is 0.0994 e. The topological polar surface area (TPSA) is 32.0 Å². The van der Waals surface area contributed by atoms with Gasteiger partial charge in [-0.3, -0.25) is 0 Å². The average Bonchev–Trinajstić information content (AvgIpc) is 3.82. The highest BCUT2D eigenvalue weighted by Crippen LogP contribution is 2.54. The number of para-hydroxylation sites is 1. The molecule has 0 amide bonds. The van der Waals surface area contributed by atoms with Gasteiger partial charge in [0, 0.05) is 57.6 Å². The molecule has 0 spiro atoms. The molecule has 59 heavy (non-hydrogen) atoms. The molecule has 0 bridgehead atoms. The van der Waals surface area contributed by atoms with E-state index < -0.39 is 0 Å². The molecule has 3 heteroatoms. The summed E-state index contributed by atoms with van der Waals surface area (Å²) in [6.07, 6.45) is 44.5. The van der Waals surface area contributed by atoms with E-state index in [-0.39, 0.29) is 5.92 Å². The third-order valence-electron chi connectivity index (χ3n) is 16.2. The predicted octanol–water partition coefficient (Wildman–Crippen LogP) is 13.9. The second-order valence-corrected chi connectivity index (χ2v) is 19.1. The van der Waals surface area contributed by atoms with Crippen molar-refractivity contribution in [1.29, 1.82) is 5.26 Å². The number of nitriles is 1. The van der Waals surface area contributed by atoms with E-state index in [1.54, 1.807) is 33.7 Å². The lowest BCUT2D eigenvalue weighted by Crippen LogP contribution is -2.48. The molecule has 0 N–H and O–H groups in total. The van der Waals surface area contributed by atoms with E-state index in [1.165, 1.54) is 86.2 Å². The SMILES string of the molecule is CC1C(N2C3=C(CCCC3)C3CCC=CC32)CC(C2=C(C3CC=CC=C3C3CCC=CC3c3ccccc3C#N)CCCC2)=CC1n1c2c(c3ccccc31)C=CCC2. The van der Waals surface area contributed by atoms with Crippen LogP contribution in [0.4, 0.5) is 0 Å². The molecule has 0 fully saturated rings. The van der Waals surface area contributed by atoms with Gasteiger partial charge in [-0.15, -0.1) is 0 Å². The molecule has 3 nitrogen and oxygen atoms in total. The fourth-order valence-corrected chi connectivity index (χ4v) is 13.7. The predicted molar refractivity (Wildman–Crippen MR) is 244 cm³/mol. The third-order valence-corrected chi connectivity index (χ3v) is 16.2. The van der Waals surface area contributed by atoms with E-state index in [0.717, 1.165) is 44.1 Å². The molecule has 0 radical (unpaired) electrons. The minimum Gasteiger partial charge on any atom is -0.364 e. The lowest BCUT2D eigenvalue weighted by Gasteiger charge is -2.47. The molecule has 2 heterocycles. The summed E-state index contributed by atoms with van der Waals surface area (Å²) in [5.74, 6) is 2.25. The largest absolute Gasteiger partial charge is 0.364 e. The summed E-state index contributed by atoms with van der Waals surface area (Å²) in [7, 11) is 0. The molecule has 1 aliphatic heterocycles. The van der Waals surface area contributed by atoms with Crippen molar-refractivity contribution in [3.05, 3.63) is 159 Å². The van der Waals surface area contributed by atoms with E-state index in [9.17, 15) is 5.26 Å². The van der Waals surface area contributed by atoms with Crippen LogP contribution in [0, 0.1) is 35.0 Å². The summed E-state index contributed by atoms with van der Waals surface area (Å²) in [6, 6.07) is 21.5. The Kier molecular flexibility index (Phi) is 9.87. The van der Waals surface area contributed by atoms with Crippen LogP contribution in [0.25, 0.3) is 17.0 Å². The van der Waals surface area contributed by atoms with Crippen LogP contribution in [0.5, 0.6) is 0 Å². The van der Waals surface area contributed by atoms with Crippen molar-refractivity contribution in [2.45, 2.75) is 134 Å². The monoisotopic (exact) mass is 775 g/mol. The van der Waals surface area contributed by atoms with Gasteiger partial charge in [-0.25, -0.2) is 0 Å². The first-order chi connectivity index (χ1) is 29.2. The van der Waals surface area contributed by atoms with E-state index >= 15 is 0 Å². The number of fused-ring (bicyclic) bond motifs is 5. The second kappa shape index (κ2) is 15.7. The molecule has 7 aliphatic carbocycles. The standard InChI is InChI=1S/C56H61N3/c1-37-55(58-51-30-14-10-26-47(51)48-27-11-15-31-52(48)58)34-39(35-56(37)59-53-32-16-12-28-49(53)50-29-13-17-33-54(50)59)41-20-4-5-22-43(41)45-24-8-9-25-46(45)44-23-7-6-21-42(44)40-19-3-2-18-38(40)36-57/h2-3,6,8-11,14,16,18-19,21,25-27,30,32,34,37,42,44-45,49,53,55-56H,4-5,7,12-13,15,17,20,22-24,28-29,31,33,35H2,1H3. The summed E-state index contributed by atoms with van der Waals surface area (Å²) in [6.45, 7) is 2.63. The zero-order chi connectivity index (χ0) is 39.5. The first kappa shape index (κ1) is 37.2. The van der Waals surface area contributed by atoms with Gasteiger partial charge in [-0.2, -0.15) is 5.26 Å². The summed E-state index contributed by atoms with van der Waals surface area (Å²) in [5, 5.41) is 11.6. The average molecular weight is 776 g/mol. The van der Waals surface area contributed by atoms with Crippen molar-refractivity contribution >= 4 is 17.0 Å². The van der Waals surface area contributed by atoms with Crippen molar-refractivity contribution in [3.8, 4) is 6.07 Å². The normalized spacial score (nSPS) is 31.5. The first-order valence-electron chi connectivity index (χ1n) is 23.6. The molecule has 8 unspecified atom stereocenters. The number of allylic oxidation sites excluding steroid dienone is 12. The highest BCUT2D eigenvalue weighted by molar-refractivity contribution is 5.92. The van der Waals surface area contributed by atoms with Gasteiger partial charge in [0.1, 0.15) is 0 Å². The third kappa shape index (κ3) is 6.26. The Hall–Kier alpha value is -4.81. The molecule has 8 atom stereocenters. The summed E-state index contributed by atoms with van der Waals surface area (Å²) in [4.78, 5) is 3.06. The van der Waals surface area contributed by atoms with Crippen LogP contribution in [0.2, 0.25) is 0 Å². The van der Waals surface area contributed by atoms with Gasteiger partial charge < -0.3 is 9.47 Å². The fourth-order valence-electron chi connectivity index (χ4n) is 13.7. The number of hydrogen-bond donors (Lipinski definition) is 0. The van der Waals surface area contributed by atoms with Crippen molar-refractivity contribution in [3.63, 3.8) is 0 Å².